The van der Waals surface area contributed by atoms with E-state index in [9.17, 15) is 24.6 Å². The van der Waals surface area contributed by atoms with E-state index in [0.717, 1.165) is 11.1 Å². The highest BCUT2D eigenvalue weighted by Crippen LogP contribution is 2.42. The molecule has 0 aromatic heterocycles. The highest BCUT2D eigenvalue weighted by molar-refractivity contribution is 5.91. The number of carbonyl (C=O) groups excluding carboxylic acids is 1. The zero-order valence-electron chi connectivity index (χ0n) is 22.1. The maximum atomic E-state index is 13.7. The highest BCUT2D eigenvalue weighted by Gasteiger charge is 2.54. The molecule has 1 saturated carbocycles. The monoisotopic (exact) mass is 551 g/mol. The molecule has 2 N–H and O–H groups in total. The Bertz CT molecular complexity index is 1400. The third-order valence-corrected chi connectivity index (χ3v) is 7.16. The molecule has 3 atom stereocenters. The van der Waals surface area contributed by atoms with E-state index in [-0.39, 0.29) is 25.4 Å². The number of nitrogens with zero attached hydrogens (tertiary/aromatic N) is 1. The Hall–Kier alpha value is -5.11. The Labute approximate surface area is 237 Å². The van der Waals surface area contributed by atoms with Gasteiger partial charge in [-0.05, 0) is 66.1 Å². The zero-order valence-corrected chi connectivity index (χ0v) is 22.1. The topological polar surface area (TPSA) is 113 Å². The summed E-state index contributed by atoms with van der Waals surface area (Å²) in [7, 11) is 0. The first-order chi connectivity index (χ1) is 19.9. The molecule has 4 aromatic carbocycles. The smallest absolute Gasteiger partial charge is 0.308 e. The number of amides is 1. The second-order valence-electron chi connectivity index (χ2n) is 9.96. The molecular formula is C33H29NO7. The van der Waals surface area contributed by atoms with Crippen LogP contribution in [0.25, 0.3) is 0 Å². The van der Waals surface area contributed by atoms with Gasteiger partial charge < -0.3 is 24.6 Å². The average molecular weight is 552 g/mol. The van der Waals surface area contributed by atoms with Gasteiger partial charge in [0.2, 0.25) is 5.91 Å². The molecule has 0 saturated heterocycles. The molecule has 1 aliphatic rings. The third-order valence-electron chi connectivity index (χ3n) is 7.16. The molecule has 1 amide bonds. The lowest BCUT2D eigenvalue weighted by Gasteiger charge is -2.41. The van der Waals surface area contributed by atoms with Gasteiger partial charge >= 0.3 is 11.9 Å². The third kappa shape index (κ3) is 6.73. The number of aliphatic carboxylic acids is 2. The number of benzene rings is 4. The molecular weight excluding hydrogens is 522 g/mol. The molecule has 41 heavy (non-hydrogen) atoms. The van der Waals surface area contributed by atoms with Crippen LogP contribution in [0.4, 0.5) is 0 Å². The van der Waals surface area contributed by atoms with Gasteiger partial charge in [-0.25, -0.2) is 0 Å². The lowest BCUT2D eigenvalue weighted by molar-refractivity contribution is -0.172. The maximum Gasteiger partial charge on any atom is 0.308 e. The maximum absolute atomic E-state index is 13.7. The van der Waals surface area contributed by atoms with Crippen LogP contribution in [-0.4, -0.2) is 33.0 Å². The number of hydrogen-bond donors (Lipinski definition) is 2. The molecule has 0 aliphatic heterocycles. The number of carboxylic acids is 2. The van der Waals surface area contributed by atoms with Crippen molar-refractivity contribution in [3.05, 3.63) is 120 Å². The predicted octanol–water partition coefficient (Wildman–Crippen LogP) is 6.22. The standard InChI is InChI=1S/C33H29NO7/c35-31(28-19-29(32(36)37)30(28)33(38)39)34(20-22-11-15-26(16-12-22)40-24-7-3-1-4-8-24)21-23-13-17-27(18-14-23)41-25-9-5-2-6-10-25/h1-18,28-30H,19-21H2,(H,36,37)(H,38,39). The first-order valence-corrected chi connectivity index (χ1v) is 13.3. The lowest BCUT2D eigenvalue weighted by atomic mass is 9.64. The summed E-state index contributed by atoms with van der Waals surface area (Å²) in [5, 5.41) is 19.1. The minimum absolute atomic E-state index is 0.00462. The van der Waals surface area contributed by atoms with Crippen molar-refractivity contribution in [2.75, 3.05) is 0 Å². The lowest BCUT2D eigenvalue weighted by Crippen LogP contribution is -2.53. The van der Waals surface area contributed by atoms with E-state index in [0.29, 0.717) is 23.0 Å². The van der Waals surface area contributed by atoms with Crippen LogP contribution in [0.3, 0.4) is 0 Å². The Kier molecular flexibility index (Phi) is 8.29. The second kappa shape index (κ2) is 12.4. The summed E-state index contributed by atoms with van der Waals surface area (Å²) < 4.78 is 11.7. The van der Waals surface area contributed by atoms with Crippen molar-refractivity contribution in [2.24, 2.45) is 17.8 Å². The van der Waals surface area contributed by atoms with Crippen LogP contribution < -0.4 is 9.47 Å². The SMILES string of the molecule is O=C(O)C1CC(C(=O)N(Cc2ccc(Oc3ccccc3)cc2)Cc2ccc(Oc3ccccc3)cc2)C1C(=O)O. The molecule has 0 spiro atoms. The van der Waals surface area contributed by atoms with Gasteiger partial charge in [0.25, 0.3) is 0 Å². The van der Waals surface area contributed by atoms with E-state index in [1.807, 2.05) is 109 Å². The second-order valence-corrected chi connectivity index (χ2v) is 9.96. The molecule has 0 radical (unpaired) electrons. The number of carbonyl (C=O) groups is 3. The molecule has 8 heteroatoms. The van der Waals surface area contributed by atoms with E-state index in [1.54, 1.807) is 4.90 Å². The molecule has 8 nitrogen and oxygen atoms in total. The van der Waals surface area contributed by atoms with Gasteiger partial charge in [0, 0.05) is 13.1 Å². The van der Waals surface area contributed by atoms with Gasteiger partial charge in [-0.2, -0.15) is 0 Å². The van der Waals surface area contributed by atoms with Gasteiger partial charge in [0.15, 0.2) is 0 Å². The van der Waals surface area contributed by atoms with Crippen molar-refractivity contribution in [1.82, 2.24) is 4.90 Å². The Morgan fingerprint density at radius 1 is 0.585 bits per heavy atom. The molecule has 5 rings (SSSR count). The summed E-state index contributed by atoms with van der Waals surface area (Å²) in [5.41, 5.74) is 1.65. The molecule has 3 unspecified atom stereocenters. The number of para-hydroxylation sites is 2. The van der Waals surface area contributed by atoms with Gasteiger partial charge in [-0.1, -0.05) is 60.7 Å². The van der Waals surface area contributed by atoms with E-state index >= 15 is 0 Å². The summed E-state index contributed by atoms with van der Waals surface area (Å²) in [6.07, 6.45) is -0.00462. The van der Waals surface area contributed by atoms with Gasteiger partial charge in [0.1, 0.15) is 23.0 Å². The van der Waals surface area contributed by atoms with Crippen molar-refractivity contribution in [3.63, 3.8) is 0 Å². The minimum Gasteiger partial charge on any atom is -0.481 e. The fourth-order valence-electron chi connectivity index (χ4n) is 4.97. The van der Waals surface area contributed by atoms with E-state index in [4.69, 9.17) is 9.47 Å². The van der Waals surface area contributed by atoms with Crippen LogP contribution in [0, 0.1) is 17.8 Å². The molecule has 4 aromatic rings. The van der Waals surface area contributed by atoms with Crippen molar-refractivity contribution in [2.45, 2.75) is 19.5 Å². The molecule has 1 aliphatic carbocycles. The van der Waals surface area contributed by atoms with Gasteiger partial charge in [0.05, 0.1) is 17.8 Å². The fourth-order valence-corrected chi connectivity index (χ4v) is 4.97. The van der Waals surface area contributed by atoms with Crippen LogP contribution in [-0.2, 0) is 27.5 Å². The van der Waals surface area contributed by atoms with Crippen molar-refractivity contribution < 1.29 is 34.1 Å². The van der Waals surface area contributed by atoms with Crippen LogP contribution >= 0.6 is 0 Å². The fraction of sp³-hybridized carbons (Fsp3) is 0.182. The van der Waals surface area contributed by atoms with Crippen molar-refractivity contribution in [1.29, 1.82) is 0 Å². The highest BCUT2D eigenvalue weighted by atomic mass is 16.5. The molecule has 0 bridgehead atoms. The Morgan fingerprint density at radius 3 is 1.39 bits per heavy atom. The first kappa shape index (κ1) is 27.5. The quantitative estimate of drug-likeness (QED) is 0.227. The summed E-state index contributed by atoms with van der Waals surface area (Å²) in [6.45, 7) is 0.431. The van der Waals surface area contributed by atoms with E-state index in [1.165, 1.54) is 0 Å². The van der Waals surface area contributed by atoms with Crippen molar-refractivity contribution >= 4 is 17.8 Å². The summed E-state index contributed by atoms with van der Waals surface area (Å²) >= 11 is 0. The molecule has 1 fully saturated rings. The van der Waals surface area contributed by atoms with E-state index in [2.05, 4.69) is 0 Å². The minimum atomic E-state index is -1.27. The average Bonchev–Trinajstić information content (AvgIpc) is 2.95. The number of ether oxygens (including phenoxy) is 2. The number of hydrogen-bond acceptors (Lipinski definition) is 5. The molecule has 208 valence electrons. The largest absolute Gasteiger partial charge is 0.481 e. The summed E-state index contributed by atoms with van der Waals surface area (Å²) in [5.74, 6) is -3.41. The summed E-state index contributed by atoms with van der Waals surface area (Å²) in [4.78, 5) is 38.6. The Balaban J connectivity index is 1.33. The number of rotatable bonds is 11. The zero-order chi connectivity index (χ0) is 28.8. The van der Waals surface area contributed by atoms with Gasteiger partial charge in [-0.15, -0.1) is 0 Å². The Morgan fingerprint density at radius 2 is 1.00 bits per heavy atom. The van der Waals surface area contributed by atoms with Crippen LogP contribution in [0.1, 0.15) is 17.5 Å². The van der Waals surface area contributed by atoms with Crippen LogP contribution in [0.2, 0.25) is 0 Å². The normalized spacial score (nSPS) is 17.6. The van der Waals surface area contributed by atoms with Crippen LogP contribution in [0.5, 0.6) is 23.0 Å². The van der Waals surface area contributed by atoms with Crippen LogP contribution in [0.15, 0.2) is 109 Å². The molecule has 0 heterocycles. The van der Waals surface area contributed by atoms with E-state index < -0.39 is 29.7 Å². The first-order valence-electron chi connectivity index (χ1n) is 13.3. The summed E-state index contributed by atoms with van der Waals surface area (Å²) in [6, 6.07) is 33.4. The van der Waals surface area contributed by atoms with Gasteiger partial charge in [-0.3, -0.25) is 14.4 Å². The number of carboxylic acid groups (broad SMARTS) is 2. The predicted molar refractivity (Wildman–Crippen MR) is 151 cm³/mol. The van der Waals surface area contributed by atoms with Crippen molar-refractivity contribution in [3.8, 4) is 23.0 Å².